The number of rotatable bonds is 1. The molecule has 2 rings (SSSR count). The molecule has 0 aliphatic carbocycles. The Kier molecular flexibility index (Phi) is 2.79. The average Bonchev–Trinajstić information content (AvgIpc) is 2.36. The second kappa shape index (κ2) is 4.12. The fourth-order valence-corrected chi connectivity index (χ4v) is 1.37. The summed E-state index contributed by atoms with van der Waals surface area (Å²) in [6, 6.07) is 4.35. The van der Waals surface area contributed by atoms with Crippen LogP contribution in [0.25, 0.3) is 5.69 Å². The highest BCUT2D eigenvalue weighted by Gasteiger charge is 2.31. The molecular formula is C11H5F5N+. The van der Waals surface area contributed by atoms with Crippen LogP contribution in [0.2, 0.25) is 0 Å². The van der Waals surface area contributed by atoms with Gasteiger partial charge >= 0.3 is 0 Å². The van der Waals surface area contributed by atoms with Gasteiger partial charge in [0, 0.05) is 12.1 Å². The molecule has 1 heterocycles. The molecule has 1 aromatic heterocycles. The Morgan fingerprint density at radius 1 is 0.588 bits per heavy atom. The lowest BCUT2D eigenvalue weighted by molar-refractivity contribution is -0.600. The molecule has 0 fully saturated rings. The molecule has 88 valence electrons. The largest absolute Gasteiger partial charge is 0.289 e. The molecule has 0 atom stereocenters. The molecule has 0 unspecified atom stereocenters. The average molecular weight is 246 g/mol. The molecule has 0 saturated carbocycles. The predicted molar refractivity (Wildman–Crippen MR) is 47.8 cm³/mol. The van der Waals surface area contributed by atoms with Gasteiger partial charge < -0.3 is 0 Å². The van der Waals surface area contributed by atoms with Crippen LogP contribution in [0.5, 0.6) is 0 Å². The first-order chi connectivity index (χ1) is 8.04. The van der Waals surface area contributed by atoms with E-state index in [9.17, 15) is 22.0 Å². The fourth-order valence-electron chi connectivity index (χ4n) is 1.37. The summed E-state index contributed by atoms with van der Waals surface area (Å²) in [5.41, 5.74) is -0.998. The van der Waals surface area contributed by atoms with Gasteiger partial charge in [-0.15, -0.1) is 0 Å². The van der Waals surface area contributed by atoms with Gasteiger partial charge in [-0.1, -0.05) is 6.07 Å². The molecule has 0 N–H and O–H groups in total. The summed E-state index contributed by atoms with van der Waals surface area (Å²) in [6.07, 6.45) is 2.36. The second-order valence-electron chi connectivity index (χ2n) is 3.20. The van der Waals surface area contributed by atoms with Gasteiger partial charge in [-0.05, 0) is 0 Å². The zero-order chi connectivity index (χ0) is 12.6. The van der Waals surface area contributed by atoms with Gasteiger partial charge in [0.15, 0.2) is 12.4 Å². The quantitative estimate of drug-likeness (QED) is 0.315. The molecule has 0 saturated heterocycles. The van der Waals surface area contributed by atoms with Crippen molar-refractivity contribution in [1.82, 2.24) is 0 Å². The summed E-state index contributed by atoms with van der Waals surface area (Å²) in [6.45, 7) is 0. The van der Waals surface area contributed by atoms with Crippen LogP contribution in [0.1, 0.15) is 0 Å². The zero-order valence-corrected chi connectivity index (χ0v) is 8.22. The normalized spacial score (nSPS) is 10.6. The lowest BCUT2D eigenvalue weighted by Crippen LogP contribution is -2.33. The van der Waals surface area contributed by atoms with Crippen LogP contribution in [0, 0.1) is 29.1 Å². The van der Waals surface area contributed by atoms with Crippen LogP contribution in [-0.2, 0) is 0 Å². The van der Waals surface area contributed by atoms with E-state index in [1.807, 2.05) is 0 Å². The predicted octanol–water partition coefficient (Wildman–Crippen LogP) is 2.66. The van der Waals surface area contributed by atoms with E-state index < -0.39 is 34.8 Å². The van der Waals surface area contributed by atoms with E-state index in [0.717, 1.165) is 4.57 Å². The van der Waals surface area contributed by atoms with Gasteiger partial charge in [0.2, 0.25) is 29.1 Å². The van der Waals surface area contributed by atoms with Gasteiger partial charge in [-0.2, -0.15) is 13.3 Å². The third-order valence-corrected chi connectivity index (χ3v) is 2.16. The van der Waals surface area contributed by atoms with E-state index in [0.29, 0.717) is 0 Å². The first-order valence-corrected chi connectivity index (χ1v) is 4.52. The number of benzene rings is 1. The highest BCUT2D eigenvalue weighted by molar-refractivity contribution is 5.29. The zero-order valence-electron chi connectivity index (χ0n) is 8.22. The van der Waals surface area contributed by atoms with Gasteiger partial charge in [-0.25, -0.2) is 13.2 Å². The molecule has 6 heteroatoms. The summed E-state index contributed by atoms with van der Waals surface area (Å²) >= 11 is 0. The molecule has 17 heavy (non-hydrogen) atoms. The first-order valence-electron chi connectivity index (χ1n) is 4.52. The van der Waals surface area contributed by atoms with Crippen molar-refractivity contribution < 1.29 is 26.5 Å². The van der Waals surface area contributed by atoms with Crippen LogP contribution in [-0.4, -0.2) is 0 Å². The lowest BCUT2D eigenvalue weighted by atomic mass is 10.2. The number of hydrogen-bond acceptors (Lipinski definition) is 0. The topological polar surface area (TPSA) is 3.88 Å². The van der Waals surface area contributed by atoms with Crippen molar-refractivity contribution in [2.75, 3.05) is 0 Å². The molecule has 2 aromatic rings. The van der Waals surface area contributed by atoms with E-state index in [-0.39, 0.29) is 0 Å². The van der Waals surface area contributed by atoms with Crippen LogP contribution in [0.15, 0.2) is 30.6 Å². The molecular weight excluding hydrogens is 241 g/mol. The summed E-state index contributed by atoms with van der Waals surface area (Å²) in [5, 5.41) is 0. The summed E-state index contributed by atoms with van der Waals surface area (Å²) in [5.74, 6) is -9.82. The number of nitrogens with zero attached hydrogens (tertiary/aromatic N) is 1. The molecule has 0 aliphatic rings. The minimum atomic E-state index is -2.17. The lowest BCUT2D eigenvalue weighted by Gasteiger charge is -2.02. The third-order valence-electron chi connectivity index (χ3n) is 2.16. The molecule has 1 aromatic carbocycles. The number of halogens is 5. The Labute approximate surface area is 92.7 Å². The first kappa shape index (κ1) is 11.5. The molecule has 0 amide bonds. The highest BCUT2D eigenvalue weighted by atomic mass is 19.2. The summed E-state index contributed by atoms with van der Waals surface area (Å²) < 4.78 is 66.1. The van der Waals surface area contributed by atoms with Gasteiger partial charge in [0.1, 0.15) is 0 Å². The van der Waals surface area contributed by atoms with Crippen molar-refractivity contribution in [2.24, 2.45) is 0 Å². The monoisotopic (exact) mass is 246 g/mol. The number of hydrogen-bond donors (Lipinski definition) is 0. The van der Waals surface area contributed by atoms with Crippen molar-refractivity contribution in [2.45, 2.75) is 0 Å². The maximum absolute atomic E-state index is 13.3. The van der Waals surface area contributed by atoms with Crippen molar-refractivity contribution >= 4 is 0 Å². The maximum Gasteiger partial charge on any atom is 0.289 e. The third kappa shape index (κ3) is 1.75. The van der Waals surface area contributed by atoms with Crippen LogP contribution >= 0.6 is 0 Å². The smallest absolute Gasteiger partial charge is 0.200 e. The molecule has 0 radical (unpaired) electrons. The van der Waals surface area contributed by atoms with Crippen molar-refractivity contribution in [3.8, 4) is 5.69 Å². The fraction of sp³-hybridized carbons (Fsp3) is 0. The van der Waals surface area contributed by atoms with Gasteiger partial charge in [0.05, 0.1) is 0 Å². The maximum atomic E-state index is 13.3. The van der Waals surface area contributed by atoms with E-state index in [4.69, 9.17) is 0 Å². The Hall–Kier alpha value is -1.98. The summed E-state index contributed by atoms with van der Waals surface area (Å²) in [4.78, 5) is 0. The molecule has 1 nitrogen and oxygen atoms in total. The Balaban J connectivity index is 2.80. The number of pyridine rings is 1. The van der Waals surface area contributed by atoms with Crippen LogP contribution in [0.3, 0.4) is 0 Å². The van der Waals surface area contributed by atoms with Crippen molar-refractivity contribution in [1.29, 1.82) is 0 Å². The Morgan fingerprint density at radius 3 is 1.47 bits per heavy atom. The van der Waals surface area contributed by atoms with E-state index in [2.05, 4.69) is 0 Å². The highest BCUT2D eigenvalue weighted by Crippen LogP contribution is 2.22. The minimum absolute atomic E-state index is 0.816. The minimum Gasteiger partial charge on any atom is -0.200 e. The van der Waals surface area contributed by atoms with Gasteiger partial charge in [-0.3, -0.25) is 0 Å². The standard InChI is InChI=1S/C11H5F5N/c12-6-7(13)9(15)11(10(16)8(6)14)17-4-2-1-3-5-17/h1-5H/q+1. The van der Waals surface area contributed by atoms with Crippen LogP contribution in [0.4, 0.5) is 22.0 Å². The molecule has 0 aliphatic heterocycles. The second-order valence-corrected chi connectivity index (χ2v) is 3.20. The van der Waals surface area contributed by atoms with Crippen molar-refractivity contribution in [3.05, 3.63) is 59.7 Å². The van der Waals surface area contributed by atoms with Crippen LogP contribution < -0.4 is 4.57 Å². The molecule has 0 spiro atoms. The SMILES string of the molecule is Fc1c(F)c(F)c(-[n+]2ccccc2)c(F)c1F. The Bertz CT molecular complexity index is 539. The molecule has 0 bridgehead atoms. The van der Waals surface area contributed by atoms with Gasteiger partial charge in [0.25, 0.3) is 5.69 Å². The number of aromatic nitrogens is 1. The van der Waals surface area contributed by atoms with E-state index >= 15 is 0 Å². The summed E-state index contributed by atoms with van der Waals surface area (Å²) in [7, 11) is 0. The van der Waals surface area contributed by atoms with E-state index in [1.54, 1.807) is 6.07 Å². The Morgan fingerprint density at radius 2 is 1.00 bits per heavy atom. The van der Waals surface area contributed by atoms with Crippen molar-refractivity contribution in [3.63, 3.8) is 0 Å². The van der Waals surface area contributed by atoms with E-state index in [1.165, 1.54) is 24.5 Å².